The van der Waals surface area contributed by atoms with Gasteiger partial charge in [0.05, 0.1) is 0 Å². The lowest BCUT2D eigenvalue weighted by Crippen LogP contribution is -2.42. The summed E-state index contributed by atoms with van der Waals surface area (Å²) in [6.07, 6.45) is 1.43. The van der Waals surface area contributed by atoms with Gasteiger partial charge in [0.25, 0.3) is 5.91 Å². The predicted octanol–water partition coefficient (Wildman–Crippen LogP) is 1.18. The van der Waals surface area contributed by atoms with E-state index in [9.17, 15) is 9.59 Å². The van der Waals surface area contributed by atoms with Crippen LogP contribution in [0.4, 0.5) is 5.69 Å². The molecule has 1 aliphatic rings. The Morgan fingerprint density at radius 1 is 1.30 bits per heavy atom. The molecule has 5 heteroatoms. The van der Waals surface area contributed by atoms with Gasteiger partial charge in [-0.2, -0.15) is 0 Å². The van der Waals surface area contributed by atoms with E-state index in [0.717, 1.165) is 5.56 Å². The van der Waals surface area contributed by atoms with Gasteiger partial charge in [-0.15, -0.1) is 0 Å². The van der Waals surface area contributed by atoms with E-state index in [-0.39, 0.29) is 17.7 Å². The van der Waals surface area contributed by atoms with Gasteiger partial charge in [-0.25, -0.2) is 0 Å². The molecule has 0 aromatic heterocycles. The van der Waals surface area contributed by atoms with Crippen LogP contribution in [0, 0.1) is 12.8 Å². The molecular formula is C15H21N3O2. The minimum absolute atomic E-state index is 0.00735. The first-order chi connectivity index (χ1) is 9.52. The third kappa shape index (κ3) is 2.92. The summed E-state index contributed by atoms with van der Waals surface area (Å²) in [5.74, 6) is 0.0795. The number of piperidine rings is 1. The highest BCUT2D eigenvalue weighted by atomic mass is 16.2. The van der Waals surface area contributed by atoms with E-state index >= 15 is 0 Å². The van der Waals surface area contributed by atoms with Crippen LogP contribution in [0.2, 0.25) is 0 Å². The molecule has 108 valence electrons. The largest absolute Gasteiger partial charge is 0.398 e. The lowest BCUT2D eigenvalue weighted by atomic mass is 9.95. The molecule has 2 amide bonds. The SMILES string of the molecule is CNC(=O)C1CCN(C(=O)c2ccc(C)c(N)c2)CC1. The van der Waals surface area contributed by atoms with Gasteiger partial charge < -0.3 is 16.0 Å². The molecule has 0 spiro atoms. The van der Waals surface area contributed by atoms with E-state index < -0.39 is 0 Å². The average Bonchev–Trinajstić information content (AvgIpc) is 2.48. The zero-order chi connectivity index (χ0) is 14.7. The topological polar surface area (TPSA) is 75.4 Å². The maximum Gasteiger partial charge on any atom is 0.253 e. The van der Waals surface area contributed by atoms with Crippen molar-refractivity contribution in [2.75, 3.05) is 25.9 Å². The molecule has 1 saturated heterocycles. The van der Waals surface area contributed by atoms with E-state index in [0.29, 0.717) is 37.2 Å². The van der Waals surface area contributed by atoms with Gasteiger partial charge in [0, 0.05) is 37.3 Å². The Morgan fingerprint density at radius 2 is 1.95 bits per heavy atom. The quantitative estimate of drug-likeness (QED) is 0.796. The number of carbonyl (C=O) groups excluding carboxylic acids is 2. The predicted molar refractivity (Wildman–Crippen MR) is 78.3 cm³/mol. The highest BCUT2D eigenvalue weighted by molar-refractivity contribution is 5.95. The van der Waals surface area contributed by atoms with Crippen molar-refractivity contribution < 1.29 is 9.59 Å². The molecule has 0 bridgehead atoms. The first-order valence-corrected chi connectivity index (χ1v) is 6.90. The molecule has 1 aromatic carbocycles. The zero-order valence-electron chi connectivity index (χ0n) is 12.0. The number of benzene rings is 1. The molecule has 1 aliphatic heterocycles. The van der Waals surface area contributed by atoms with Crippen LogP contribution in [0.15, 0.2) is 18.2 Å². The van der Waals surface area contributed by atoms with Crippen molar-refractivity contribution in [1.29, 1.82) is 0 Å². The molecule has 0 radical (unpaired) electrons. The minimum Gasteiger partial charge on any atom is -0.398 e. The molecule has 0 saturated carbocycles. The number of hydrogen-bond donors (Lipinski definition) is 2. The fraction of sp³-hybridized carbons (Fsp3) is 0.467. The Balaban J connectivity index is 2.01. The van der Waals surface area contributed by atoms with E-state index in [2.05, 4.69) is 5.32 Å². The monoisotopic (exact) mass is 275 g/mol. The molecule has 0 atom stereocenters. The Morgan fingerprint density at radius 3 is 2.50 bits per heavy atom. The van der Waals surface area contributed by atoms with Gasteiger partial charge in [0.1, 0.15) is 0 Å². The van der Waals surface area contributed by atoms with Gasteiger partial charge >= 0.3 is 0 Å². The Labute approximate surface area is 119 Å². The van der Waals surface area contributed by atoms with Gasteiger partial charge in [0.15, 0.2) is 0 Å². The molecular weight excluding hydrogens is 254 g/mol. The highest BCUT2D eigenvalue weighted by Gasteiger charge is 2.27. The summed E-state index contributed by atoms with van der Waals surface area (Å²) in [7, 11) is 1.65. The number of anilines is 1. The van der Waals surface area contributed by atoms with E-state index in [1.165, 1.54) is 0 Å². The normalized spacial score (nSPS) is 16.0. The van der Waals surface area contributed by atoms with Gasteiger partial charge in [-0.3, -0.25) is 9.59 Å². The number of likely N-dealkylation sites (tertiary alicyclic amines) is 1. The van der Waals surface area contributed by atoms with Crippen molar-refractivity contribution >= 4 is 17.5 Å². The molecule has 3 N–H and O–H groups in total. The first kappa shape index (κ1) is 14.4. The fourth-order valence-electron chi connectivity index (χ4n) is 2.50. The van der Waals surface area contributed by atoms with Crippen LogP contribution < -0.4 is 11.1 Å². The molecule has 1 aromatic rings. The summed E-state index contributed by atoms with van der Waals surface area (Å²) in [5.41, 5.74) is 8.07. The maximum absolute atomic E-state index is 12.4. The van der Waals surface area contributed by atoms with Crippen molar-refractivity contribution in [3.05, 3.63) is 29.3 Å². The molecule has 20 heavy (non-hydrogen) atoms. The summed E-state index contributed by atoms with van der Waals surface area (Å²) in [5, 5.41) is 2.67. The second-order valence-corrected chi connectivity index (χ2v) is 5.25. The summed E-state index contributed by atoms with van der Waals surface area (Å²) in [6, 6.07) is 5.39. The van der Waals surface area contributed by atoms with Crippen LogP contribution in [0.1, 0.15) is 28.8 Å². The lowest BCUT2D eigenvalue weighted by molar-refractivity contribution is -0.125. The Bertz CT molecular complexity index is 520. The van der Waals surface area contributed by atoms with Gasteiger partial charge in [-0.05, 0) is 37.5 Å². The van der Waals surface area contributed by atoms with Crippen LogP contribution in [0.3, 0.4) is 0 Å². The molecule has 2 rings (SSSR count). The number of hydrogen-bond acceptors (Lipinski definition) is 3. The second kappa shape index (κ2) is 5.94. The fourth-order valence-corrected chi connectivity index (χ4v) is 2.50. The number of nitrogens with two attached hydrogens (primary N) is 1. The minimum atomic E-state index is -0.00735. The summed E-state index contributed by atoms with van der Waals surface area (Å²) in [4.78, 5) is 25.7. The smallest absolute Gasteiger partial charge is 0.253 e. The van der Waals surface area contributed by atoms with Crippen molar-refractivity contribution in [2.24, 2.45) is 5.92 Å². The Hall–Kier alpha value is -2.04. The number of rotatable bonds is 2. The molecule has 1 heterocycles. The van der Waals surface area contributed by atoms with Crippen molar-refractivity contribution in [3.63, 3.8) is 0 Å². The van der Waals surface area contributed by atoms with Gasteiger partial charge in [0.2, 0.25) is 5.91 Å². The first-order valence-electron chi connectivity index (χ1n) is 6.90. The van der Waals surface area contributed by atoms with Crippen molar-refractivity contribution in [2.45, 2.75) is 19.8 Å². The lowest BCUT2D eigenvalue weighted by Gasteiger charge is -2.31. The van der Waals surface area contributed by atoms with Crippen LogP contribution >= 0.6 is 0 Å². The van der Waals surface area contributed by atoms with Gasteiger partial charge in [-0.1, -0.05) is 6.07 Å². The van der Waals surface area contributed by atoms with E-state index in [1.54, 1.807) is 24.1 Å². The number of carbonyl (C=O) groups is 2. The van der Waals surface area contributed by atoms with Crippen LogP contribution in [-0.4, -0.2) is 36.9 Å². The molecule has 1 fully saturated rings. The van der Waals surface area contributed by atoms with Crippen molar-refractivity contribution in [3.8, 4) is 0 Å². The van der Waals surface area contributed by atoms with Crippen LogP contribution in [0.25, 0.3) is 0 Å². The third-order valence-corrected chi connectivity index (χ3v) is 3.93. The number of nitrogens with one attached hydrogen (secondary N) is 1. The molecule has 0 aliphatic carbocycles. The maximum atomic E-state index is 12.4. The van der Waals surface area contributed by atoms with E-state index in [1.807, 2.05) is 13.0 Å². The van der Waals surface area contributed by atoms with Crippen LogP contribution in [0.5, 0.6) is 0 Å². The molecule has 0 unspecified atom stereocenters. The van der Waals surface area contributed by atoms with Crippen molar-refractivity contribution in [1.82, 2.24) is 10.2 Å². The number of nitrogen functional groups attached to an aromatic ring is 1. The zero-order valence-corrected chi connectivity index (χ0v) is 12.0. The standard InChI is InChI=1S/C15H21N3O2/c1-10-3-4-12(9-13(10)16)15(20)18-7-5-11(6-8-18)14(19)17-2/h3-4,9,11H,5-8,16H2,1-2H3,(H,17,19). The number of amides is 2. The average molecular weight is 275 g/mol. The van der Waals surface area contributed by atoms with Crippen LogP contribution in [-0.2, 0) is 4.79 Å². The summed E-state index contributed by atoms with van der Waals surface area (Å²) in [6.45, 7) is 3.15. The van der Waals surface area contributed by atoms with E-state index in [4.69, 9.17) is 5.73 Å². The number of aryl methyl sites for hydroxylation is 1. The molecule has 5 nitrogen and oxygen atoms in total. The summed E-state index contributed by atoms with van der Waals surface area (Å²) < 4.78 is 0. The summed E-state index contributed by atoms with van der Waals surface area (Å²) >= 11 is 0. The Kier molecular flexibility index (Phi) is 4.27. The third-order valence-electron chi connectivity index (χ3n) is 3.93. The second-order valence-electron chi connectivity index (χ2n) is 5.25. The number of nitrogens with zero attached hydrogens (tertiary/aromatic N) is 1. The highest BCUT2D eigenvalue weighted by Crippen LogP contribution is 2.20.